The number of nitrogens with one attached hydrogen (secondary N) is 3. The van der Waals surface area contributed by atoms with E-state index in [9.17, 15) is 22.8 Å². The predicted octanol–water partition coefficient (Wildman–Crippen LogP) is 3.08. The molecule has 2 heterocycles. The maximum absolute atomic E-state index is 12.7. The third kappa shape index (κ3) is 5.23. The van der Waals surface area contributed by atoms with Crippen molar-refractivity contribution in [2.45, 2.75) is 26.9 Å². The van der Waals surface area contributed by atoms with Crippen LogP contribution in [-0.2, 0) is 11.0 Å². The van der Waals surface area contributed by atoms with E-state index in [-0.39, 0.29) is 17.9 Å². The Morgan fingerprint density at radius 1 is 1.03 bits per heavy atom. The summed E-state index contributed by atoms with van der Waals surface area (Å²) in [6, 6.07) is 7.80. The highest BCUT2D eigenvalue weighted by Gasteiger charge is 2.30. The first-order valence-corrected chi connectivity index (χ1v) is 9.55. The van der Waals surface area contributed by atoms with Crippen LogP contribution in [0, 0.1) is 20.8 Å². The van der Waals surface area contributed by atoms with Crippen molar-refractivity contribution < 1.29 is 22.8 Å². The summed E-state index contributed by atoms with van der Waals surface area (Å²) < 4.78 is 39.3. The molecular formula is C21H21F3N6O2. The van der Waals surface area contributed by atoms with Gasteiger partial charge in [-0.15, -0.1) is 0 Å². The Morgan fingerprint density at radius 2 is 1.78 bits per heavy atom. The van der Waals surface area contributed by atoms with Crippen molar-refractivity contribution in [1.29, 1.82) is 0 Å². The van der Waals surface area contributed by atoms with Crippen LogP contribution in [0.2, 0.25) is 0 Å². The van der Waals surface area contributed by atoms with Crippen LogP contribution < -0.4 is 16.2 Å². The van der Waals surface area contributed by atoms with Crippen LogP contribution in [0.25, 0.3) is 5.82 Å². The van der Waals surface area contributed by atoms with Gasteiger partial charge in [0.05, 0.1) is 29.6 Å². The van der Waals surface area contributed by atoms with E-state index in [2.05, 4.69) is 26.3 Å². The number of aromatic nitrogens is 3. The molecule has 1 aromatic carbocycles. The fourth-order valence-electron chi connectivity index (χ4n) is 2.97. The van der Waals surface area contributed by atoms with Crippen molar-refractivity contribution in [3.8, 4) is 5.82 Å². The van der Waals surface area contributed by atoms with Gasteiger partial charge in [0.25, 0.3) is 11.8 Å². The van der Waals surface area contributed by atoms with E-state index < -0.39 is 23.6 Å². The van der Waals surface area contributed by atoms with Crippen molar-refractivity contribution in [2.24, 2.45) is 0 Å². The Balaban J connectivity index is 1.59. The summed E-state index contributed by atoms with van der Waals surface area (Å²) in [7, 11) is 0. The topological polar surface area (TPSA) is 101 Å². The van der Waals surface area contributed by atoms with E-state index in [0.29, 0.717) is 11.9 Å². The molecule has 0 fully saturated rings. The summed E-state index contributed by atoms with van der Waals surface area (Å²) in [6.07, 6.45) is -2.57. The Kier molecular flexibility index (Phi) is 6.47. The maximum atomic E-state index is 12.7. The van der Waals surface area contributed by atoms with Crippen LogP contribution in [0.4, 0.5) is 18.9 Å². The van der Waals surface area contributed by atoms with Crippen molar-refractivity contribution in [3.05, 3.63) is 70.7 Å². The third-order valence-electron chi connectivity index (χ3n) is 4.68. The Bertz CT molecular complexity index is 1140. The zero-order valence-corrected chi connectivity index (χ0v) is 17.5. The van der Waals surface area contributed by atoms with Gasteiger partial charge in [-0.2, -0.15) is 18.3 Å². The third-order valence-corrected chi connectivity index (χ3v) is 4.68. The number of hydrogen-bond donors (Lipinski definition) is 3. The van der Waals surface area contributed by atoms with Crippen LogP contribution in [0.3, 0.4) is 0 Å². The number of carbonyl (C=O) groups is 2. The van der Waals surface area contributed by atoms with Gasteiger partial charge in [0, 0.05) is 11.9 Å². The highest BCUT2D eigenvalue weighted by molar-refractivity contribution is 5.96. The molecule has 2 aromatic heterocycles. The quantitative estimate of drug-likeness (QED) is 0.523. The molecule has 0 aliphatic carbocycles. The van der Waals surface area contributed by atoms with Crippen LogP contribution in [0.5, 0.6) is 0 Å². The summed E-state index contributed by atoms with van der Waals surface area (Å²) in [5, 5.41) is 6.99. The lowest BCUT2D eigenvalue weighted by molar-refractivity contribution is -0.137. The predicted molar refractivity (Wildman–Crippen MR) is 111 cm³/mol. The summed E-state index contributed by atoms with van der Waals surface area (Å²) in [6.45, 7) is 5.39. The van der Waals surface area contributed by atoms with Crippen molar-refractivity contribution in [3.63, 3.8) is 0 Å². The van der Waals surface area contributed by atoms with Crippen LogP contribution in [0.1, 0.15) is 32.7 Å². The summed E-state index contributed by atoms with van der Waals surface area (Å²) in [5.74, 6) is -0.968. The molecule has 11 heteroatoms. The molecule has 0 atom stereocenters. The number of nitrogens with zero attached hydrogens (tertiary/aromatic N) is 3. The standard InChI is InChI=1S/C21H21F3N6O2/c1-12-4-6-17(13(2)8-12)25-11-19(31)28-29-20(32)16-10-27-30(14(16)3)18-7-5-15(9-26-18)21(22,23)24/h4-10,25H,11H2,1-3H3,(H,28,31)(H,29,32). The summed E-state index contributed by atoms with van der Waals surface area (Å²) >= 11 is 0. The molecule has 0 unspecified atom stereocenters. The van der Waals surface area contributed by atoms with Crippen LogP contribution >= 0.6 is 0 Å². The molecular weight excluding hydrogens is 425 g/mol. The normalized spacial score (nSPS) is 11.2. The van der Waals surface area contributed by atoms with Gasteiger partial charge in [0.2, 0.25) is 0 Å². The molecule has 0 saturated carbocycles. The van der Waals surface area contributed by atoms with Gasteiger partial charge in [0.1, 0.15) is 0 Å². The summed E-state index contributed by atoms with van der Waals surface area (Å²) in [4.78, 5) is 28.2. The number of halogens is 3. The second-order valence-corrected chi connectivity index (χ2v) is 7.13. The fourth-order valence-corrected chi connectivity index (χ4v) is 2.97. The average Bonchev–Trinajstić information content (AvgIpc) is 3.12. The lowest BCUT2D eigenvalue weighted by atomic mass is 10.1. The fraction of sp³-hybridized carbons (Fsp3) is 0.238. The molecule has 3 aromatic rings. The second-order valence-electron chi connectivity index (χ2n) is 7.13. The van der Waals surface area contributed by atoms with Gasteiger partial charge in [-0.3, -0.25) is 20.4 Å². The molecule has 2 amide bonds. The molecule has 168 valence electrons. The van der Waals surface area contributed by atoms with Crippen molar-refractivity contribution in [1.82, 2.24) is 25.6 Å². The molecule has 8 nitrogen and oxygen atoms in total. The number of alkyl halides is 3. The maximum Gasteiger partial charge on any atom is 0.417 e. The van der Waals surface area contributed by atoms with Crippen molar-refractivity contribution >= 4 is 17.5 Å². The van der Waals surface area contributed by atoms with Gasteiger partial charge >= 0.3 is 6.18 Å². The SMILES string of the molecule is Cc1ccc(NCC(=O)NNC(=O)c2cnn(-c3ccc(C(F)(F)F)cn3)c2C)c(C)c1. The molecule has 0 saturated heterocycles. The monoisotopic (exact) mass is 446 g/mol. The highest BCUT2D eigenvalue weighted by atomic mass is 19.4. The number of hydrogen-bond acceptors (Lipinski definition) is 5. The molecule has 3 rings (SSSR count). The molecule has 0 radical (unpaired) electrons. The smallest absolute Gasteiger partial charge is 0.376 e. The van der Waals surface area contributed by atoms with Gasteiger partial charge in [-0.05, 0) is 44.5 Å². The van der Waals surface area contributed by atoms with E-state index in [1.165, 1.54) is 10.9 Å². The minimum absolute atomic E-state index is 0.0576. The number of hydrazine groups is 1. The highest BCUT2D eigenvalue weighted by Crippen LogP contribution is 2.28. The van der Waals surface area contributed by atoms with E-state index >= 15 is 0 Å². The first kappa shape index (κ1) is 22.8. The zero-order chi connectivity index (χ0) is 23.5. The van der Waals surface area contributed by atoms with Gasteiger partial charge in [-0.1, -0.05) is 17.7 Å². The molecule has 0 bridgehead atoms. The van der Waals surface area contributed by atoms with Gasteiger partial charge in [0.15, 0.2) is 5.82 Å². The van der Waals surface area contributed by atoms with Gasteiger partial charge < -0.3 is 5.32 Å². The zero-order valence-electron chi connectivity index (χ0n) is 17.5. The number of aryl methyl sites for hydroxylation is 2. The lowest BCUT2D eigenvalue weighted by Crippen LogP contribution is -2.44. The van der Waals surface area contributed by atoms with Crippen molar-refractivity contribution in [2.75, 3.05) is 11.9 Å². The molecule has 3 N–H and O–H groups in total. The minimum atomic E-state index is -4.50. The Hall–Kier alpha value is -3.89. The van der Waals surface area contributed by atoms with E-state index in [1.807, 2.05) is 32.0 Å². The largest absolute Gasteiger partial charge is 0.417 e. The molecule has 0 spiro atoms. The Morgan fingerprint density at radius 3 is 2.41 bits per heavy atom. The number of amides is 2. The second kappa shape index (κ2) is 9.08. The lowest BCUT2D eigenvalue weighted by Gasteiger charge is -2.11. The first-order chi connectivity index (χ1) is 15.1. The average molecular weight is 446 g/mol. The van der Waals surface area contributed by atoms with Gasteiger partial charge in [-0.25, -0.2) is 9.67 Å². The molecule has 32 heavy (non-hydrogen) atoms. The molecule has 0 aliphatic rings. The van der Waals surface area contributed by atoms with Crippen LogP contribution in [0.15, 0.2) is 42.7 Å². The van der Waals surface area contributed by atoms with E-state index in [0.717, 1.165) is 28.9 Å². The summed E-state index contributed by atoms with van der Waals surface area (Å²) in [5.41, 5.74) is 7.08. The first-order valence-electron chi connectivity index (χ1n) is 9.55. The number of carbonyl (C=O) groups excluding carboxylic acids is 2. The molecule has 0 aliphatic heterocycles. The Labute approximate surface area is 181 Å². The number of anilines is 1. The van der Waals surface area contributed by atoms with E-state index in [4.69, 9.17) is 0 Å². The number of rotatable bonds is 5. The number of benzene rings is 1. The van der Waals surface area contributed by atoms with E-state index in [1.54, 1.807) is 6.92 Å². The number of pyridine rings is 1. The minimum Gasteiger partial charge on any atom is -0.376 e. The van der Waals surface area contributed by atoms with Crippen LogP contribution in [-0.4, -0.2) is 33.1 Å².